The van der Waals surface area contributed by atoms with Gasteiger partial charge in [0.2, 0.25) is 5.91 Å². The molecule has 31 heavy (non-hydrogen) atoms. The number of carbonyl (C=O) groups is 2. The minimum Gasteiger partial charge on any atom is -0.790 e. The Morgan fingerprint density at radius 2 is 1.42 bits per heavy atom. The van der Waals surface area contributed by atoms with Gasteiger partial charge in [-0.2, -0.15) is 0 Å². The molecule has 0 aromatic carbocycles. The molecule has 0 rings (SSSR count). The van der Waals surface area contributed by atoms with Crippen molar-refractivity contribution in [2.75, 3.05) is 13.7 Å². The summed E-state index contributed by atoms with van der Waals surface area (Å²) in [6.45, 7) is 1.46. The predicted molar refractivity (Wildman–Crippen MR) is 117 cm³/mol. The third kappa shape index (κ3) is 20.4. The van der Waals surface area contributed by atoms with Crippen molar-refractivity contribution in [3.8, 4) is 0 Å². The first-order valence-electron chi connectivity index (χ1n) is 11.5. The van der Waals surface area contributed by atoms with Gasteiger partial charge in [-0.05, 0) is 32.1 Å². The van der Waals surface area contributed by atoms with Gasteiger partial charge in [0.05, 0.1) is 21.5 Å². The second-order valence-corrected chi connectivity index (χ2v) is 8.87. The SMILES string of the molecule is CCCCCCCC/C=C\CCCCCCCC(=O)N[C@@H](COP(=O)([O-])[O-])C(=O)OC. The molecule has 0 unspecified atom stereocenters. The molecule has 8 nitrogen and oxygen atoms in total. The molecule has 1 amide bonds. The second-order valence-electron chi connectivity index (χ2n) is 7.72. The van der Waals surface area contributed by atoms with Gasteiger partial charge >= 0.3 is 5.97 Å². The van der Waals surface area contributed by atoms with Crippen LogP contribution < -0.4 is 15.1 Å². The number of methoxy groups -OCH3 is 1. The lowest BCUT2D eigenvalue weighted by Crippen LogP contribution is -2.45. The molecule has 0 saturated heterocycles. The number of allylic oxidation sites excluding steroid dienone is 2. The van der Waals surface area contributed by atoms with Crippen molar-refractivity contribution in [2.45, 2.75) is 103 Å². The molecule has 0 aliphatic carbocycles. The summed E-state index contributed by atoms with van der Waals surface area (Å²) in [5.41, 5.74) is 0. The molecule has 1 atom stereocenters. The molecule has 0 aliphatic rings. The van der Waals surface area contributed by atoms with Crippen molar-refractivity contribution < 1.29 is 33.2 Å². The van der Waals surface area contributed by atoms with Crippen molar-refractivity contribution in [3.63, 3.8) is 0 Å². The van der Waals surface area contributed by atoms with E-state index in [1.807, 2.05) is 0 Å². The Labute approximate surface area is 187 Å². The van der Waals surface area contributed by atoms with Gasteiger partial charge in [-0.1, -0.05) is 70.4 Å². The van der Waals surface area contributed by atoms with Crippen LogP contribution in [0.3, 0.4) is 0 Å². The Morgan fingerprint density at radius 3 is 1.94 bits per heavy atom. The van der Waals surface area contributed by atoms with Crippen molar-refractivity contribution in [2.24, 2.45) is 0 Å². The highest BCUT2D eigenvalue weighted by Crippen LogP contribution is 2.24. The molecule has 0 heterocycles. The molecule has 0 radical (unpaired) electrons. The maximum Gasteiger partial charge on any atom is 0.330 e. The summed E-state index contributed by atoms with van der Waals surface area (Å²) in [7, 11) is -4.13. The number of hydrogen-bond donors (Lipinski definition) is 1. The molecule has 0 saturated carbocycles. The lowest BCUT2D eigenvalue weighted by Gasteiger charge is -2.30. The van der Waals surface area contributed by atoms with E-state index in [9.17, 15) is 23.9 Å². The van der Waals surface area contributed by atoms with Gasteiger partial charge < -0.3 is 28.9 Å². The van der Waals surface area contributed by atoms with Crippen LogP contribution >= 0.6 is 7.82 Å². The summed E-state index contributed by atoms with van der Waals surface area (Å²) < 4.78 is 19.1. The molecule has 0 aromatic rings. The first-order chi connectivity index (χ1) is 14.8. The maximum atomic E-state index is 11.9. The molecule has 9 heteroatoms. The van der Waals surface area contributed by atoms with E-state index in [-0.39, 0.29) is 6.42 Å². The van der Waals surface area contributed by atoms with Crippen LogP contribution in [0.5, 0.6) is 0 Å². The van der Waals surface area contributed by atoms with Crippen LogP contribution in [-0.4, -0.2) is 31.6 Å². The number of amides is 1. The van der Waals surface area contributed by atoms with E-state index in [1.54, 1.807) is 0 Å². The van der Waals surface area contributed by atoms with E-state index in [0.717, 1.165) is 39.2 Å². The van der Waals surface area contributed by atoms with E-state index < -0.39 is 32.3 Å². The summed E-state index contributed by atoms with van der Waals surface area (Å²) in [5, 5.41) is 2.34. The fourth-order valence-electron chi connectivity index (χ4n) is 3.10. The maximum absolute atomic E-state index is 11.9. The lowest BCUT2D eigenvalue weighted by atomic mass is 10.1. The minimum absolute atomic E-state index is 0.206. The first-order valence-corrected chi connectivity index (χ1v) is 12.9. The van der Waals surface area contributed by atoms with Crippen LogP contribution in [0.1, 0.15) is 96.8 Å². The predicted octanol–water partition coefficient (Wildman–Crippen LogP) is 3.53. The molecular formula is C22H40NO7P-2. The molecule has 0 aliphatic heterocycles. The van der Waals surface area contributed by atoms with Gasteiger partial charge in [0.25, 0.3) is 0 Å². The van der Waals surface area contributed by atoms with Crippen molar-refractivity contribution >= 4 is 19.7 Å². The Bertz CT molecular complexity index is 548. The van der Waals surface area contributed by atoms with Gasteiger partial charge in [0.1, 0.15) is 0 Å². The zero-order valence-corrected chi connectivity index (χ0v) is 20.0. The van der Waals surface area contributed by atoms with Gasteiger partial charge in [0, 0.05) is 6.42 Å². The summed E-state index contributed by atoms with van der Waals surface area (Å²) in [6.07, 6.45) is 19.7. The monoisotopic (exact) mass is 461 g/mol. The van der Waals surface area contributed by atoms with Crippen molar-refractivity contribution in [1.29, 1.82) is 0 Å². The normalized spacial score (nSPS) is 12.8. The third-order valence-corrected chi connectivity index (χ3v) is 5.35. The fraction of sp³-hybridized carbons (Fsp3) is 0.818. The number of ether oxygens (including phenoxy) is 1. The summed E-state index contributed by atoms with van der Waals surface area (Å²) in [4.78, 5) is 44.6. The zero-order valence-electron chi connectivity index (χ0n) is 19.1. The van der Waals surface area contributed by atoms with E-state index in [1.165, 1.54) is 44.9 Å². The van der Waals surface area contributed by atoms with E-state index >= 15 is 0 Å². The smallest absolute Gasteiger partial charge is 0.330 e. The van der Waals surface area contributed by atoms with E-state index in [4.69, 9.17) is 0 Å². The van der Waals surface area contributed by atoms with Crippen LogP contribution in [-0.2, 0) is 23.4 Å². The van der Waals surface area contributed by atoms with Gasteiger partial charge in [-0.3, -0.25) is 4.79 Å². The Kier molecular flexibility index (Phi) is 18.7. The summed E-state index contributed by atoms with van der Waals surface area (Å²) in [6, 6.07) is -1.32. The average molecular weight is 462 g/mol. The van der Waals surface area contributed by atoms with Crippen molar-refractivity contribution in [3.05, 3.63) is 12.2 Å². The minimum atomic E-state index is -5.23. The highest BCUT2D eigenvalue weighted by atomic mass is 31.2. The standard InChI is InChI=1S/C22H42NO7P/c1-3-4-5-6-7-8-9-10-11-12-13-14-15-16-17-18-21(24)23-20(22(25)29-2)19-30-31(26,27)28/h10-11,20H,3-9,12-19H2,1-2H3,(H,23,24)(H2,26,27,28)/p-2/b11-10-/t20-/m0/s1. The number of carbonyl (C=O) groups excluding carboxylic acids is 2. The molecule has 0 spiro atoms. The van der Waals surface area contributed by atoms with Crippen LogP contribution in [0.15, 0.2) is 12.2 Å². The first kappa shape index (κ1) is 29.8. The van der Waals surface area contributed by atoms with Gasteiger partial charge in [-0.25, -0.2) is 4.79 Å². The second kappa shape index (κ2) is 19.5. The Hall–Kier alpha value is -1.21. The number of phosphoric ester groups is 1. The fourth-order valence-corrected chi connectivity index (χ4v) is 3.43. The number of unbranched alkanes of at least 4 members (excludes halogenated alkanes) is 11. The highest BCUT2D eigenvalue weighted by Gasteiger charge is 2.22. The van der Waals surface area contributed by atoms with Crippen molar-refractivity contribution in [1.82, 2.24) is 5.32 Å². The third-order valence-electron chi connectivity index (χ3n) is 4.89. The Balaban J connectivity index is 3.72. The molecule has 0 fully saturated rings. The number of nitrogens with one attached hydrogen (secondary N) is 1. The van der Waals surface area contributed by atoms with Crippen LogP contribution in [0.4, 0.5) is 0 Å². The zero-order chi connectivity index (χ0) is 23.4. The molecular weight excluding hydrogens is 421 g/mol. The molecule has 0 aromatic heterocycles. The number of hydrogen-bond acceptors (Lipinski definition) is 7. The van der Waals surface area contributed by atoms with Crippen LogP contribution in [0.2, 0.25) is 0 Å². The molecule has 0 bridgehead atoms. The lowest BCUT2D eigenvalue weighted by molar-refractivity contribution is -0.341. The number of rotatable bonds is 20. The topological polar surface area (TPSA) is 128 Å². The summed E-state index contributed by atoms with van der Waals surface area (Å²) >= 11 is 0. The van der Waals surface area contributed by atoms with E-state index in [2.05, 4.69) is 33.7 Å². The van der Waals surface area contributed by atoms with Crippen LogP contribution in [0, 0.1) is 0 Å². The number of esters is 1. The van der Waals surface area contributed by atoms with Gasteiger partial charge in [0.15, 0.2) is 6.04 Å². The largest absolute Gasteiger partial charge is 0.790 e. The quantitative estimate of drug-likeness (QED) is 0.127. The van der Waals surface area contributed by atoms with Gasteiger partial charge in [-0.15, -0.1) is 0 Å². The van der Waals surface area contributed by atoms with E-state index in [0.29, 0.717) is 6.42 Å². The molecule has 1 N–H and O–H groups in total. The Morgan fingerprint density at radius 1 is 0.903 bits per heavy atom. The summed E-state index contributed by atoms with van der Waals surface area (Å²) in [5.74, 6) is -1.28. The molecule has 182 valence electrons. The number of phosphoric acid groups is 1. The van der Waals surface area contributed by atoms with Crippen LogP contribution in [0.25, 0.3) is 0 Å². The highest BCUT2D eigenvalue weighted by molar-refractivity contribution is 7.43. The average Bonchev–Trinajstić information content (AvgIpc) is 2.72.